The minimum atomic E-state index is -0.0460. The molecule has 0 bridgehead atoms. The summed E-state index contributed by atoms with van der Waals surface area (Å²) in [4.78, 5) is 34.6. The van der Waals surface area contributed by atoms with Crippen molar-refractivity contribution in [1.82, 2.24) is 14.8 Å². The average Bonchev–Trinajstić information content (AvgIpc) is 3.43. The summed E-state index contributed by atoms with van der Waals surface area (Å²) in [5, 5.41) is 3.48. The van der Waals surface area contributed by atoms with Gasteiger partial charge in [-0.2, -0.15) is 0 Å². The second kappa shape index (κ2) is 11.1. The molecule has 1 fully saturated rings. The van der Waals surface area contributed by atoms with Crippen LogP contribution in [0.15, 0.2) is 41.8 Å². The number of likely N-dealkylation sites (tertiary alicyclic amines) is 1. The van der Waals surface area contributed by atoms with Crippen molar-refractivity contribution in [3.05, 3.63) is 74.2 Å². The van der Waals surface area contributed by atoms with Gasteiger partial charge in [0.05, 0.1) is 25.6 Å². The number of methoxy groups -OCH3 is 2. The molecule has 2 aliphatic heterocycles. The number of fused-ring (bicyclic) bond motifs is 1. The second-order valence-electron chi connectivity index (χ2n) is 9.45. The fourth-order valence-electron chi connectivity index (χ4n) is 5.08. The van der Waals surface area contributed by atoms with Crippen LogP contribution in [0, 0.1) is 0 Å². The van der Waals surface area contributed by atoms with Gasteiger partial charge in [-0.25, -0.2) is 4.98 Å². The van der Waals surface area contributed by atoms with Gasteiger partial charge in [0.15, 0.2) is 11.5 Å². The van der Waals surface area contributed by atoms with Crippen LogP contribution in [0.1, 0.15) is 50.9 Å². The minimum absolute atomic E-state index is 0.0460. The van der Waals surface area contributed by atoms with Crippen LogP contribution in [-0.2, 0) is 24.2 Å². The number of ether oxygens (including phenoxy) is 2. The number of rotatable bonds is 6. The molecule has 0 saturated carbocycles. The van der Waals surface area contributed by atoms with Gasteiger partial charge >= 0.3 is 0 Å². The number of aromatic nitrogens is 1. The van der Waals surface area contributed by atoms with Crippen molar-refractivity contribution in [3.8, 4) is 11.5 Å². The number of nitrogens with zero attached hydrogens (tertiary/aromatic N) is 3. The zero-order chi connectivity index (χ0) is 25.9. The zero-order valence-corrected chi connectivity index (χ0v) is 22.6. The Bertz CT molecular complexity index is 1300. The van der Waals surface area contributed by atoms with E-state index >= 15 is 0 Å². The molecule has 3 aromatic rings. The number of amides is 2. The van der Waals surface area contributed by atoms with E-state index < -0.39 is 0 Å². The maximum absolute atomic E-state index is 13.3. The molecule has 0 aliphatic carbocycles. The van der Waals surface area contributed by atoms with Crippen LogP contribution in [0.25, 0.3) is 0 Å². The summed E-state index contributed by atoms with van der Waals surface area (Å²) < 4.78 is 10.9. The highest BCUT2D eigenvalue weighted by Gasteiger charge is 2.29. The molecule has 3 heterocycles. The normalized spacial score (nSPS) is 15.9. The first kappa shape index (κ1) is 25.5. The third-order valence-electron chi connectivity index (χ3n) is 7.24. The lowest BCUT2D eigenvalue weighted by Gasteiger charge is -2.31. The van der Waals surface area contributed by atoms with Gasteiger partial charge in [0.25, 0.3) is 5.91 Å². The molecule has 7 nitrogen and oxygen atoms in total. The molecule has 2 aromatic carbocycles. The zero-order valence-electron chi connectivity index (χ0n) is 21.0. The molecular formula is C28H30ClN3O4S. The summed E-state index contributed by atoms with van der Waals surface area (Å²) in [7, 11) is 3.25. The quantitative estimate of drug-likeness (QED) is 0.443. The van der Waals surface area contributed by atoms with Gasteiger partial charge in [0.1, 0.15) is 5.69 Å². The van der Waals surface area contributed by atoms with Gasteiger partial charge in [-0.1, -0.05) is 29.8 Å². The predicted octanol–water partition coefficient (Wildman–Crippen LogP) is 4.96. The van der Waals surface area contributed by atoms with Crippen LogP contribution in [0.4, 0.5) is 0 Å². The fourth-order valence-corrected chi connectivity index (χ4v) is 6.25. The number of carbonyl (C=O) groups is 2. The predicted molar refractivity (Wildman–Crippen MR) is 144 cm³/mol. The number of hydrogen-bond acceptors (Lipinski definition) is 6. The number of carbonyl (C=O) groups excluding carboxylic acids is 2. The Morgan fingerprint density at radius 1 is 1.03 bits per heavy atom. The lowest BCUT2D eigenvalue weighted by atomic mass is 9.97. The Morgan fingerprint density at radius 2 is 1.73 bits per heavy atom. The third kappa shape index (κ3) is 5.45. The van der Waals surface area contributed by atoms with Gasteiger partial charge in [0.2, 0.25) is 5.91 Å². The van der Waals surface area contributed by atoms with E-state index in [1.165, 1.54) is 5.56 Å². The summed E-state index contributed by atoms with van der Waals surface area (Å²) in [6.07, 6.45) is 2.76. The fraction of sp³-hybridized carbons (Fsp3) is 0.393. The number of thiazole rings is 1. The van der Waals surface area contributed by atoms with E-state index in [1.807, 2.05) is 51.6 Å². The molecular weight excluding hydrogens is 510 g/mol. The summed E-state index contributed by atoms with van der Waals surface area (Å²) >= 11 is 7.77. The summed E-state index contributed by atoms with van der Waals surface area (Å²) in [6, 6.07) is 11.4. The van der Waals surface area contributed by atoms with Crippen molar-refractivity contribution in [2.45, 2.75) is 38.1 Å². The standard InChI is InChI=1S/C28H30ClN3O4S/c1-35-24-13-19-9-12-32(16-21(19)14-25(24)36-2)28(34)23-17-37-27(30-23)18-7-10-31(11-8-18)26(33)15-20-5-3-4-6-22(20)29/h3-6,13-14,17-18H,7-12,15-16H2,1-2H3. The summed E-state index contributed by atoms with van der Waals surface area (Å²) in [5.41, 5.74) is 3.61. The molecule has 9 heteroatoms. The second-order valence-corrected chi connectivity index (χ2v) is 10.7. The first-order valence-corrected chi connectivity index (χ1v) is 13.7. The van der Waals surface area contributed by atoms with Crippen molar-refractivity contribution >= 4 is 34.8 Å². The maximum Gasteiger partial charge on any atom is 0.273 e. The van der Waals surface area contributed by atoms with Crippen LogP contribution in [0.5, 0.6) is 11.5 Å². The van der Waals surface area contributed by atoms with Gasteiger partial charge in [-0.15, -0.1) is 11.3 Å². The van der Waals surface area contributed by atoms with Crippen molar-refractivity contribution in [1.29, 1.82) is 0 Å². The first-order chi connectivity index (χ1) is 18.0. The monoisotopic (exact) mass is 539 g/mol. The van der Waals surface area contributed by atoms with E-state index in [2.05, 4.69) is 0 Å². The third-order valence-corrected chi connectivity index (χ3v) is 8.62. The lowest BCUT2D eigenvalue weighted by molar-refractivity contribution is -0.131. The molecule has 37 heavy (non-hydrogen) atoms. The van der Waals surface area contributed by atoms with Crippen LogP contribution in [0.3, 0.4) is 0 Å². The van der Waals surface area contributed by atoms with Crippen LogP contribution in [0.2, 0.25) is 5.02 Å². The van der Waals surface area contributed by atoms with E-state index in [1.54, 1.807) is 25.6 Å². The highest BCUT2D eigenvalue weighted by Crippen LogP contribution is 2.34. The SMILES string of the molecule is COc1cc2c(cc1OC)CN(C(=O)c1csc(C3CCN(C(=O)Cc4ccccc4Cl)CC3)n1)CC2. The first-order valence-electron chi connectivity index (χ1n) is 12.5. The number of hydrogen-bond donors (Lipinski definition) is 0. The van der Waals surface area contributed by atoms with Crippen molar-refractivity contribution in [3.63, 3.8) is 0 Å². The largest absolute Gasteiger partial charge is 0.493 e. The highest BCUT2D eigenvalue weighted by atomic mass is 35.5. The van der Waals surface area contributed by atoms with E-state index in [-0.39, 0.29) is 17.7 Å². The maximum atomic E-state index is 13.3. The molecule has 1 saturated heterocycles. The molecule has 5 rings (SSSR count). The molecule has 194 valence electrons. The minimum Gasteiger partial charge on any atom is -0.493 e. The van der Waals surface area contributed by atoms with Crippen molar-refractivity contribution in [2.24, 2.45) is 0 Å². The van der Waals surface area contributed by atoms with Gasteiger partial charge in [-0.3, -0.25) is 9.59 Å². The van der Waals surface area contributed by atoms with Crippen LogP contribution in [-0.4, -0.2) is 60.5 Å². The molecule has 0 N–H and O–H groups in total. The Hall–Kier alpha value is -3.10. The number of halogens is 1. The molecule has 1 aromatic heterocycles. The van der Waals surface area contributed by atoms with E-state index in [0.29, 0.717) is 54.8 Å². The molecule has 0 radical (unpaired) electrons. The molecule has 2 amide bonds. The summed E-state index contributed by atoms with van der Waals surface area (Å²) in [6.45, 7) is 2.53. The van der Waals surface area contributed by atoms with E-state index in [0.717, 1.165) is 35.4 Å². The smallest absolute Gasteiger partial charge is 0.273 e. The molecule has 0 spiro atoms. The Labute approximate surface area is 226 Å². The average molecular weight is 540 g/mol. The van der Waals surface area contributed by atoms with Crippen molar-refractivity contribution in [2.75, 3.05) is 33.9 Å². The Kier molecular flexibility index (Phi) is 7.67. The Balaban J connectivity index is 1.19. The number of piperidine rings is 1. The van der Waals surface area contributed by atoms with Crippen LogP contribution < -0.4 is 9.47 Å². The Morgan fingerprint density at radius 3 is 2.43 bits per heavy atom. The summed E-state index contributed by atoms with van der Waals surface area (Å²) in [5.74, 6) is 1.69. The van der Waals surface area contributed by atoms with Gasteiger partial charge in [-0.05, 0) is 54.2 Å². The van der Waals surface area contributed by atoms with Crippen LogP contribution >= 0.6 is 22.9 Å². The van der Waals surface area contributed by atoms with E-state index in [4.69, 9.17) is 26.1 Å². The molecule has 2 aliphatic rings. The number of benzene rings is 2. The van der Waals surface area contributed by atoms with Gasteiger partial charge < -0.3 is 19.3 Å². The van der Waals surface area contributed by atoms with Crippen molar-refractivity contribution < 1.29 is 19.1 Å². The van der Waals surface area contributed by atoms with E-state index in [9.17, 15) is 9.59 Å². The topological polar surface area (TPSA) is 72.0 Å². The molecule has 0 atom stereocenters. The lowest BCUT2D eigenvalue weighted by Crippen LogP contribution is -2.39. The highest BCUT2D eigenvalue weighted by molar-refractivity contribution is 7.09. The molecule has 0 unspecified atom stereocenters. The van der Waals surface area contributed by atoms with Gasteiger partial charge in [0, 0.05) is 42.5 Å².